The van der Waals surface area contributed by atoms with Gasteiger partial charge in [0, 0.05) is 17.4 Å². The molecule has 0 spiro atoms. The number of nitrogens with zero attached hydrogens (tertiary/aromatic N) is 3. The van der Waals surface area contributed by atoms with Crippen LogP contribution in [0.15, 0.2) is 41.5 Å². The maximum absolute atomic E-state index is 11.4. The van der Waals surface area contributed by atoms with Crippen molar-refractivity contribution in [2.24, 2.45) is 0 Å². The molecule has 0 saturated heterocycles. The largest absolute Gasteiger partial charge is 0.436 e. The summed E-state index contributed by atoms with van der Waals surface area (Å²) in [5.41, 5.74) is -0.00851. The number of aromatic nitrogens is 4. The van der Waals surface area contributed by atoms with Crippen molar-refractivity contribution in [3.63, 3.8) is 0 Å². The second kappa shape index (κ2) is 4.15. The highest BCUT2D eigenvalue weighted by molar-refractivity contribution is 6.30. The molecule has 7 heteroatoms. The first-order valence-corrected chi connectivity index (χ1v) is 5.47. The predicted molar refractivity (Wildman–Crippen MR) is 65.1 cm³/mol. The number of hydrogen-bond acceptors (Lipinski definition) is 4. The molecule has 3 aromatic rings. The molecule has 2 heterocycles. The minimum absolute atomic E-state index is 0.248. The maximum atomic E-state index is 11.4. The molecule has 1 aromatic carbocycles. The van der Waals surface area contributed by atoms with Crippen LogP contribution in [0.3, 0.4) is 0 Å². The van der Waals surface area contributed by atoms with Gasteiger partial charge in [0.2, 0.25) is 5.65 Å². The molecular weight excluding hydrogens is 256 g/mol. The van der Waals surface area contributed by atoms with E-state index in [1.807, 2.05) is 0 Å². The highest BCUT2D eigenvalue weighted by Crippen LogP contribution is 2.23. The number of fused-ring (bicyclic) bond motifs is 1. The van der Waals surface area contributed by atoms with Gasteiger partial charge in [-0.25, -0.2) is 19.3 Å². The standard InChI is InChI=1S/C11H7ClN4O2/c12-7-1-3-8(4-2-7)18-10-9-14-15-11(17)16(9)6-5-13-10/h1-6H,(H,15,17). The average Bonchev–Trinajstić information content (AvgIpc) is 2.76. The van der Waals surface area contributed by atoms with Gasteiger partial charge in [0.1, 0.15) is 5.75 Å². The lowest BCUT2D eigenvalue weighted by molar-refractivity contribution is 0.464. The topological polar surface area (TPSA) is 72.3 Å². The molecule has 0 radical (unpaired) electrons. The van der Waals surface area contributed by atoms with Crippen molar-refractivity contribution in [1.29, 1.82) is 0 Å². The third-order valence-electron chi connectivity index (χ3n) is 2.33. The van der Waals surface area contributed by atoms with Gasteiger partial charge in [-0.2, -0.15) is 0 Å². The van der Waals surface area contributed by atoms with Gasteiger partial charge in [-0.15, -0.1) is 5.10 Å². The summed E-state index contributed by atoms with van der Waals surface area (Å²) in [6.45, 7) is 0. The molecule has 6 nitrogen and oxygen atoms in total. The fraction of sp³-hybridized carbons (Fsp3) is 0. The van der Waals surface area contributed by atoms with Crippen molar-refractivity contribution in [3.05, 3.63) is 52.2 Å². The fourth-order valence-corrected chi connectivity index (χ4v) is 1.63. The number of aromatic amines is 1. The highest BCUT2D eigenvalue weighted by Gasteiger charge is 2.09. The van der Waals surface area contributed by atoms with Crippen molar-refractivity contribution < 1.29 is 4.74 Å². The van der Waals surface area contributed by atoms with Gasteiger partial charge in [-0.05, 0) is 24.3 Å². The van der Waals surface area contributed by atoms with Crippen molar-refractivity contribution in [3.8, 4) is 11.6 Å². The number of halogens is 1. The van der Waals surface area contributed by atoms with Gasteiger partial charge in [0.25, 0.3) is 5.88 Å². The summed E-state index contributed by atoms with van der Waals surface area (Å²) < 4.78 is 6.87. The molecule has 0 unspecified atom stereocenters. The quantitative estimate of drug-likeness (QED) is 0.765. The minimum atomic E-state index is -0.339. The zero-order valence-electron chi connectivity index (χ0n) is 9.00. The summed E-state index contributed by atoms with van der Waals surface area (Å²) in [5, 5.41) is 6.79. The average molecular weight is 263 g/mol. The SMILES string of the molecule is O=c1[nH]nc2c(Oc3ccc(Cl)cc3)nccn12. The molecule has 0 saturated carbocycles. The second-order valence-corrected chi connectivity index (χ2v) is 3.95. The third kappa shape index (κ3) is 1.82. The molecule has 2 aromatic heterocycles. The molecule has 0 fully saturated rings. The number of rotatable bonds is 2. The van der Waals surface area contributed by atoms with Crippen LogP contribution in [0.5, 0.6) is 11.6 Å². The van der Waals surface area contributed by atoms with Gasteiger partial charge >= 0.3 is 5.69 Å². The van der Waals surface area contributed by atoms with Crippen LogP contribution >= 0.6 is 11.6 Å². The summed E-state index contributed by atoms with van der Waals surface area (Å²) >= 11 is 5.78. The Balaban J connectivity index is 2.04. The summed E-state index contributed by atoms with van der Waals surface area (Å²) in [4.78, 5) is 15.4. The lowest BCUT2D eigenvalue weighted by Gasteiger charge is -2.04. The smallest absolute Gasteiger partial charge is 0.347 e. The first-order chi connectivity index (χ1) is 8.74. The van der Waals surface area contributed by atoms with E-state index in [1.165, 1.54) is 16.8 Å². The molecule has 3 rings (SSSR count). The molecule has 0 atom stereocenters. The van der Waals surface area contributed by atoms with Crippen LogP contribution in [-0.4, -0.2) is 19.6 Å². The summed E-state index contributed by atoms with van der Waals surface area (Å²) in [5.74, 6) is 0.814. The van der Waals surface area contributed by atoms with E-state index in [0.29, 0.717) is 16.4 Å². The summed E-state index contributed by atoms with van der Waals surface area (Å²) in [6, 6.07) is 6.82. The van der Waals surface area contributed by atoms with Crippen molar-refractivity contribution in [2.75, 3.05) is 0 Å². The second-order valence-electron chi connectivity index (χ2n) is 3.51. The Morgan fingerprint density at radius 3 is 2.83 bits per heavy atom. The number of H-pyrrole nitrogens is 1. The van der Waals surface area contributed by atoms with Gasteiger partial charge < -0.3 is 4.74 Å². The van der Waals surface area contributed by atoms with Crippen LogP contribution < -0.4 is 10.4 Å². The first kappa shape index (κ1) is 10.8. The highest BCUT2D eigenvalue weighted by atomic mass is 35.5. The van der Waals surface area contributed by atoms with E-state index in [2.05, 4.69) is 15.2 Å². The molecule has 0 aliphatic rings. The van der Waals surface area contributed by atoms with Gasteiger partial charge in [0.05, 0.1) is 0 Å². The molecule has 90 valence electrons. The van der Waals surface area contributed by atoms with Crippen molar-refractivity contribution >= 4 is 17.2 Å². The molecule has 0 aliphatic carbocycles. The van der Waals surface area contributed by atoms with E-state index in [-0.39, 0.29) is 11.6 Å². The number of benzene rings is 1. The predicted octanol–water partition coefficient (Wildman–Crippen LogP) is 1.86. The van der Waals surface area contributed by atoms with Crippen LogP contribution in [0, 0.1) is 0 Å². The van der Waals surface area contributed by atoms with E-state index < -0.39 is 0 Å². The fourth-order valence-electron chi connectivity index (χ4n) is 1.51. The normalized spacial score (nSPS) is 10.7. The van der Waals surface area contributed by atoms with Crippen molar-refractivity contribution in [1.82, 2.24) is 19.6 Å². The Hall–Kier alpha value is -2.34. The van der Waals surface area contributed by atoms with Crippen LogP contribution in [0.1, 0.15) is 0 Å². The van der Waals surface area contributed by atoms with Crippen LogP contribution in [0.25, 0.3) is 5.65 Å². The molecule has 1 N–H and O–H groups in total. The van der Waals surface area contributed by atoms with E-state index in [1.54, 1.807) is 24.3 Å². The number of ether oxygens (including phenoxy) is 1. The Morgan fingerprint density at radius 2 is 2.06 bits per heavy atom. The molecule has 18 heavy (non-hydrogen) atoms. The Morgan fingerprint density at radius 1 is 1.28 bits per heavy atom. The minimum Gasteiger partial charge on any atom is -0.436 e. The molecule has 0 bridgehead atoms. The van der Waals surface area contributed by atoms with E-state index >= 15 is 0 Å². The van der Waals surface area contributed by atoms with Gasteiger partial charge in [0.15, 0.2) is 0 Å². The third-order valence-corrected chi connectivity index (χ3v) is 2.58. The summed E-state index contributed by atoms with van der Waals surface area (Å²) in [6.07, 6.45) is 2.98. The van der Waals surface area contributed by atoms with E-state index in [4.69, 9.17) is 16.3 Å². The molecule has 0 amide bonds. The lowest BCUT2D eigenvalue weighted by atomic mass is 10.3. The number of hydrogen-bond donors (Lipinski definition) is 1. The van der Waals surface area contributed by atoms with Gasteiger partial charge in [-0.1, -0.05) is 11.6 Å². The van der Waals surface area contributed by atoms with E-state index in [0.717, 1.165) is 0 Å². The first-order valence-electron chi connectivity index (χ1n) is 5.09. The van der Waals surface area contributed by atoms with Crippen LogP contribution in [0.2, 0.25) is 5.02 Å². The Bertz CT molecular complexity index is 748. The summed E-state index contributed by atoms with van der Waals surface area (Å²) in [7, 11) is 0. The van der Waals surface area contributed by atoms with Crippen LogP contribution in [0.4, 0.5) is 0 Å². The molecular formula is C11H7ClN4O2. The van der Waals surface area contributed by atoms with Crippen molar-refractivity contribution in [2.45, 2.75) is 0 Å². The number of nitrogens with one attached hydrogen (secondary N) is 1. The van der Waals surface area contributed by atoms with Gasteiger partial charge in [-0.3, -0.25) is 0 Å². The Labute approximate surface area is 106 Å². The lowest BCUT2D eigenvalue weighted by Crippen LogP contribution is -2.09. The van der Waals surface area contributed by atoms with E-state index in [9.17, 15) is 4.79 Å². The monoisotopic (exact) mass is 262 g/mol. The maximum Gasteiger partial charge on any atom is 0.347 e. The Kier molecular flexibility index (Phi) is 2.49. The van der Waals surface area contributed by atoms with Crippen LogP contribution in [-0.2, 0) is 0 Å². The zero-order valence-corrected chi connectivity index (χ0v) is 9.76. The zero-order chi connectivity index (χ0) is 12.5. The molecule has 0 aliphatic heterocycles.